The first-order valence-electron chi connectivity index (χ1n) is 10.5. The molecule has 5 rings (SSSR count). The van der Waals surface area contributed by atoms with Crippen LogP contribution in [0, 0.1) is 11.8 Å². The van der Waals surface area contributed by atoms with Crippen LogP contribution in [0.25, 0.3) is 11.2 Å². The predicted octanol–water partition coefficient (Wildman–Crippen LogP) is -0.0912. The van der Waals surface area contributed by atoms with Crippen molar-refractivity contribution in [3.63, 3.8) is 0 Å². The number of aldehydes is 1. The molecule has 0 aromatic carbocycles. The Morgan fingerprint density at radius 3 is 2.88 bits per heavy atom. The predicted molar refractivity (Wildman–Crippen MR) is 118 cm³/mol. The molecule has 6 atom stereocenters. The van der Waals surface area contributed by atoms with Crippen molar-refractivity contribution in [3.05, 3.63) is 23.3 Å². The lowest BCUT2D eigenvalue weighted by atomic mass is 9.79. The number of fused-ring (bicyclic) bond motifs is 2. The first-order chi connectivity index (χ1) is 15.8. The van der Waals surface area contributed by atoms with Gasteiger partial charge in [0.1, 0.15) is 28.7 Å². The van der Waals surface area contributed by atoms with Gasteiger partial charge in [0.2, 0.25) is 5.91 Å². The van der Waals surface area contributed by atoms with Gasteiger partial charge in [0.25, 0.3) is 0 Å². The van der Waals surface area contributed by atoms with Gasteiger partial charge in [-0.15, -0.1) is 0 Å². The molecule has 2 aromatic heterocycles. The molecule has 33 heavy (non-hydrogen) atoms. The van der Waals surface area contributed by atoms with Crippen molar-refractivity contribution in [2.45, 2.75) is 43.3 Å². The number of imidazole rings is 1. The van der Waals surface area contributed by atoms with Crippen LogP contribution < -0.4 is 10.6 Å². The molecule has 0 radical (unpaired) electrons. The molecule has 2 aromatic rings. The Morgan fingerprint density at radius 1 is 1.42 bits per heavy atom. The lowest BCUT2D eigenvalue weighted by Crippen LogP contribution is -2.63. The van der Waals surface area contributed by atoms with Crippen molar-refractivity contribution < 1.29 is 24.6 Å². The van der Waals surface area contributed by atoms with E-state index < -0.39 is 34.9 Å². The summed E-state index contributed by atoms with van der Waals surface area (Å²) in [5.74, 6) is -2.06. The van der Waals surface area contributed by atoms with E-state index in [-0.39, 0.29) is 17.5 Å². The summed E-state index contributed by atoms with van der Waals surface area (Å²) in [7, 11) is 0. The summed E-state index contributed by atoms with van der Waals surface area (Å²) < 4.78 is 0. The van der Waals surface area contributed by atoms with Gasteiger partial charge < -0.3 is 35.5 Å². The average Bonchev–Trinajstić information content (AvgIpc) is 3.45. The number of aliphatic hydroxyl groups is 1. The van der Waals surface area contributed by atoms with Crippen LogP contribution in [0.5, 0.6) is 0 Å². The maximum atomic E-state index is 12.7. The minimum atomic E-state index is -1.20. The lowest BCUT2D eigenvalue weighted by molar-refractivity contribution is -0.163. The summed E-state index contributed by atoms with van der Waals surface area (Å²) in [5.41, 5.74) is 0.997. The van der Waals surface area contributed by atoms with Crippen LogP contribution in [0.4, 0.5) is 5.82 Å². The molecule has 3 aliphatic rings. The maximum Gasteiger partial charge on any atom is 0.353 e. The zero-order valence-electron chi connectivity index (χ0n) is 17.8. The lowest BCUT2D eigenvalue weighted by Gasteiger charge is -2.46. The topological polar surface area (TPSA) is 173 Å². The van der Waals surface area contributed by atoms with E-state index in [0.29, 0.717) is 34.9 Å². The zero-order chi connectivity index (χ0) is 23.5. The quantitative estimate of drug-likeness (QED) is 0.206. The minimum Gasteiger partial charge on any atom is -0.477 e. The highest BCUT2D eigenvalue weighted by Crippen LogP contribution is 2.54. The van der Waals surface area contributed by atoms with E-state index in [2.05, 4.69) is 30.6 Å². The number of carboxylic acid groups (broad SMARTS) is 1. The summed E-state index contributed by atoms with van der Waals surface area (Å²) in [6.45, 7) is 3.76. The molecule has 0 bridgehead atoms. The number of H-pyrrole nitrogens is 1. The van der Waals surface area contributed by atoms with Crippen LogP contribution in [0.1, 0.15) is 20.3 Å². The van der Waals surface area contributed by atoms with E-state index in [1.54, 1.807) is 6.92 Å². The first-order valence-corrected chi connectivity index (χ1v) is 11.4. The minimum absolute atomic E-state index is 0.0653. The Balaban J connectivity index is 1.53. The van der Waals surface area contributed by atoms with Gasteiger partial charge >= 0.3 is 5.97 Å². The van der Waals surface area contributed by atoms with E-state index in [1.165, 1.54) is 29.3 Å². The van der Waals surface area contributed by atoms with Crippen LogP contribution in [-0.2, 0) is 14.4 Å². The van der Waals surface area contributed by atoms with Crippen LogP contribution >= 0.6 is 11.8 Å². The molecule has 3 aliphatic heterocycles. The molecule has 174 valence electrons. The van der Waals surface area contributed by atoms with Crippen LogP contribution in [0.15, 0.2) is 23.3 Å². The Hall–Kier alpha value is -3.03. The fourth-order valence-corrected chi connectivity index (χ4v) is 6.63. The number of anilines is 1. The number of amides is 1. The normalized spacial score (nSPS) is 32.1. The fourth-order valence-electron chi connectivity index (χ4n) is 5.03. The summed E-state index contributed by atoms with van der Waals surface area (Å²) in [6, 6.07) is -0.851. The van der Waals surface area contributed by atoms with E-state index in [1.807, 2.05) is 6.92 Å². The standard InChI is InChI=1S/C20H23N7O5S/c1-8-13-11(9(2)29)18(30)27(13)14(19(31)32)15(8)33-20(3-10(4-28)21-5-20)26-17-12-16(23-6-22-12)24-7-25-17/h4,6-11,13,21,29H,3,5H2,1-2H3,(H,31,32)(H2,22,23,24,25,26)/t8-,9-,10+,11?,13-,20?/m1/s1. The van der Waals surface area contributed by atoms with Crippen molar-refractivity contribution in [1.82, 2.24) is 30.2 Å². The van der Waals surface area contributed by atoms with E-state index in [9.17, 15) is 24.6 Å². The van der Waals surface area contributed by atoms with E-state index in [0.717, 1.165) is 6.29 Å². The highest BCUT2D eigenvalue weighted by molar-refractivity contribution is 8.04. The number of nitrogens with zero attached hydrogens (tertiary/aromatic N) is 4. The Morgan fingerprint density at radius 2 is 2.21 bits per heavy atom. The van der Waals surface area contributed by atoms with Gasteiger partial charge in [0.15, 0.2) is 11.5 Å². The number of aliphatic carboxylic acids is 1. The SMILES string of the molecule is C[C@@H](O)C1C(=O)N2C(C(=O)O)=C(SC3(Nc4ncnc5nc[nH]c45)CN[C@H](C=O)C3)[C@H](C)[C@H]12. The van der Waals surface area contributed by atoms with Crippen molar-refractivity contribution in [3.8, 4) is 0 Å². The van der Waals surface area contributed by atoms with Gasteiger partial charge in [-0.2, -0.15) is 0 Å². The van der Waals surface area contributed by atoms with Gasteiger partial charge in [0, 0.05) is 23.8 Å². The van der Waals surface area contributed by atoms with E-state index >= 15 is 0 Å². The van der Waals surface area contributed by atoms with Crippen LogP contribution in [0.2, 0.25) is 0 Å². The number of aromatic amines is 1. The molecule has 2 unspecified atom stereocenters. The average molecular weight is 474 g/mol. The molecule has 0 aliphatic carbocycles. The molecule has 13 heteroatoms. The number of aliphatic hydroxyl groups excluding tert-OH is 1. The van der Waals surface area contributed by atoms with Crippen LogP contribution in [-0.4, -0.2) is 82.8 Å². The first kappa shape index (κ1) is 21.8. The Bertz CT molecular complexity index is 1180. The summed E-state index contributed by atoms with van der Waals surface area (Å²) >= 11 is 1.29. The smallest absolute Gasteiger partial charge is 0.353 e. The summed E-state index contributed by atoms with van der Waals surface area (Å²) in [6.07, 6.45) is 3.18. The van der Waals surface area contributed by atoms with E-state index in [4.69, 9.17) is 0 Å². The number of carbonyl (C=O) groups excluding carboxylic acids is 2. The number of β-lactam (4-membered cyclic amide) rings is 1. The van der Waals surface area contributed by atoms with Crippen molar-refractivity contribution in [2.75, 3.05) is 11.9 Å². The molecule has 0 saturated carbocycles. The number of carboxylic acids is 1. The second-order valence-electron chi connectivity index (χ2n) is 8.64. The third kappa shape index (κ3) is 3.30. The molecule has 1 amide bonds. The Kier molecular flexibility index (Phi) is 5.14. The van der Waals surface area contributed by atoms with Gasteiger partial charge in [-0.1, -0.05) is 18.7 Å². The molecule has 12 nitrogen and oxygen atoms in total. The van der Waals surface area contributed by atoms with Gasteiger partial charge in [-0.25, -0.2) is 19.7 Å². The number of rotatable bonds is 7. The highest BCUT2D eigenvalue weighted by atomic mass is 32.2. The molecule has 0 spiro atoms. The Labute approximate surface area is 192 Å². The third-order valence-electron chi connectivity index (χ3n) is 6.55. The number of thioether (sulfide) groups is 1. The number of hydrogen-bond donors (Lipinski definition) is 5. The second-order valence-corrected chi connectivity index (χ2v) is 10.1. The van der Waals surface area contributed by atoms with Crippen molar-refractivity contribution >= 4 is 46.9 Å². The zero-order valence-corrected chi connectivity index (χ0v) is 18.7. The van der Waals surface area contributed by atoms with Gasteiger partial charge in [-0.05, 0) is 6.92 Å². The molecule has 5 heterocycles. The number of aromatic nitrogens is 4. The maximum absolute atomic E-state index is 12.7. The number of nitrogens with one attached hydrogen (secondary N) is 3. The highest BCUT2D eigenvalue weighted by Gasteiger charge is 2.61. The van der Waals surface area contributed by atoms with Gasteiger partial charge in [0.05, 0.1) is 30.4 Å². The summed E-state index contributed by atoms with van der Waals surface area (Å²) in [5, 5.41) is 26.6. The second kappa shape index (κ2) is 7.78. The molecule has 2 fully saturated rings. The third-order valence-corrected chi connectivity index (χ3v) is 8.14. The molecular formula is C20H23N7O5S. The number of hydrogen-bond acceptors (Lipinski definition) is 10. The number of carbonyl (C=O) groups is 3. The monoisotopic (exact) mass is 473 g/mol. The van der Waals surface area contributed by atoms with Crippen molar-refractivity contribution in [1.29, 1.82) is 0 Å². The fraction of sp³-hybridized carbons (Fsp3) is 0.500. The van der Waals surface area contributed by atoms with Gasteiger partial charge in [-0.3, -0.25) is 4.79 Å². The van der Waals surface area contributed by atoms with Crippen molar-refractivity contribution in [2.24, 2.45) is 11.8 Å². The molecule has 5 N–H and O–H groups in total. The largest absolute Gasteiger partial charge is 0.477 e. The molecular weight excluding hydrogens is 450 g/mol. The summed E-state index contributed by atoms with van der Waals surface area (Å²) in [4.78, 5) is 53.0. The van der Waals surface area contributed by atoms with Crippen LogP contribution in [0.3, 0.4) is 0 Å². The molecule has 2 saturated heterocycles.